The molecule has 0 radical (unpaired) electrons. The number of fused-ring (bicyclic) bond motifs is 2. The second-order valence-corrected chi connectivity index (χ2v) is 16.4. The molecule has 0 aliphatic carbocycles. The molecule has 2 aliphatic heterocycles. The summed E-state index contributed by atoms with van der Waals surface area (Å²) in [5.74, 6) is 4.96. The fraction of sp³-hybridized carbons (Fsp3) is 0.472. The van der Waals surface area contributed by atoms with E-state index in [0.717, 1.165) is 54.6 Å². The van der Waals surface area contributed by atoms with Crippen LogP contribution < -0.4 is 37.9 Å². The molecule has 0 saturated carbocycles. The zero-order valence-electron chi connectivity index (χ0n) is 42.2. The number of unbranched alkanes of at least 4 members (excludes halogenated alkanes) is 2. The third-order valence-electron chi connectivity index (χ3n) is 12.5. The van der Waals surface area contributed by atoms with Crippen LogP contribution >= 0.6 is 0 Å². The van der Waals surface area contributed by atoms with Crippen LogP contribution in [0.3, 0.4) is 0 Å². The van der Waals surface area contributed by atoms with Crippen molar-refractivity contribution in [2.24, 2.45) is 0 Å². The normalized spacial score (nSPS) is 14.8. The maximum absolute atomic E-state index is 13.0. The minimum Gasteiger partial charge on any atom is -0.493 e. The van der Waals surface area contributed by atoms with E-state index < -0.39 is 0 Å². The number of nitrogens with zero attached hydrogens (tertiary/aromatic N) is 2. The highest BCUT2D eigenvalue weighted by Gasteiger charge is 2.32. The number of benzene rings is 4. The van der Waals surface area contributed by atoms with Crippen LogP contribution in [0.4, 0.5) is 0 Å². The van der Waals surface area contributed by atoms with Crippen molar-refractivity contribution in [2.45, 2.75) is 69.9 Å². The van der Waals surface area contributed by atoms with Crippen LogP contribution in [0.2, 0.25) is 0 Å². The smallest absolute Gasteiger partial charge is 0.307 e. The summed E-state index contributed by atoms with van der Waals surface area (Å²) in [6, 6.07) is 20.2. The molecule has 0 spiro atoms. The van der Waals surface area contributed by atoms with Gasteiger partial charge in [0.2, 0.25) is 0 Å². The van der Waals surface area contributed by atoms with Crippen LogP contribution in [0.1, 0.15) is 77.6 Å². The van der Waals surface area contributed by atoms with Crippen LogP contribution in [0.5, 0.6) is 46.0 Å². The van der Waals surface area contributed by atoms with Crippen LogP contribution in [-0.4, -0.2) is 141 Å². The molecule has 18 nitrogen and oxygen atoms in total. The predicted molar refractivity (Wildman–Crippen MR) is 264 cm³/mol. The molecule has 2 unspecified atom stereocenters. The summed E-state index contributed by atoms with van der Waals surface area (Å²) >= 11 is 0. The van der Waals surface area contributed by atoms with Gasteiger partial charge in [-0.2, -0.15) is 0 Å². The lowest BCUT2D eigenvalue weighted by molar-refractivity contribution is -0.144. The fourth-order valence-electron chi connectivity index (χ4n) is 9.00. The zero-order chi connectivity index (χ0) is 51.7. The lowest BCUT2D eigenvalue weighted by Gasteiger charge is -2.38. The van der Waals surface area contributed by atoms with Gasteiger partial charge in [-0.25, -0.2) is 0 Å². The Morgan fingerprint density at radius 2 is 0.817 bits per heavy atom. The highest BCUT2D eigenvalue weighted by atomic mass is 16.5. The first kappa shape index (κ1) is 56.7. The molecule has 71 heavy (non-hydrogen) atoms. The monoisotopic (exact) mass is 990 g/mol. The minimum absolute atomic E-state index is 0.0112. The average Bonchev–Trinajstić information content (AvgIpc) is 3.39. The topological polar surface area (TPSA) is 208 Å². The Morgan fingerprint density at radius 1 is 0.493 bits per heavy atom. The Kier molecular flexibility index (Phi) is 23.9. The molecule has 0 bridgehead atoms. The molecule has 4 aromatic carbocycles. The Morgan fingerprint density at radius 3 is 1.15 bits per heavy atom. The number of rotatable bonds is 24. The predicted octanol–water partition coefficient (Wildman–Crippen LogP) is 7.18. The van der Waals surface area contributed by atoms with Gasteiger partial charge in [0.05, 0.1) is 82.9 Å². The van der Waals surface area contributed by atoms with Crippen molar-refractivity contribution in [2.75, 3.05) is 96.3 Å². The molecule has 2 aliphatic rings. The molecule has 0 aromatic heterocycles. The fourth-order valence-corrected chi connectivity index (χ4v) is 9.00. The Labute approximate surface area is 416 Å². The van der Waals surface area contributed by atoms with E-state index in [-0.39, 0.29) is 49.8 Å². The van der Waals surface area contributed by atoms with Crippen molar-refractivity contribution in [1.82, 2.24) is 9.80 Å². The molecule has 2 heterocycles. The van der Waals surface area contributed by atoms with Gasteiger partial charge in [-0.15, -0.1) is 0 Å². The van der Waals surface area contributed by atoms with Crippen molar-refractivity contribution < 1.29 is 76.8 Å². The second-order valence-electron chi connectivity index (χ2n) is 16.4. The SMILES string of the molecule is COc1ccc(CC2c3cc(OC)c(OC)cc3CCN2CCC(=O)OCCCCCOC(=O)CCN2CCc3cc(OC)c(OC)cc3C2Cc2ccc(OC)c(OC)c2)cc1OC.O=CO.O=CO. The summed E-state index contributed by atoms with van der Waals surface area (Å²) in [6.07, 6.45) is 5.69. The maximum atomic E-state index is 13.0. The number of hydrogen-bond donors (Lipinski definition) is 2. The summed E-state index contributed by atoms with van der Waals surface area (Å²) in [5, 5.41) is 13.8. The largest absolute Gasteiger partial charge is 0.493 e. The Hall–Kier alpha value is -6.92. The second kappa shape index (κ2) is 30.0. The maximum Gasteiger partial charge on any atom is 0.307 e. The van der Waals surface area contributed by atoms with Crippen LogP contribution in [0, 0.1) is 0 Å². The number of ether oxygens (including phenoxy) is 10. The van der Waals surface area contributed by atoms with E-state index in [0.29, 0.717) is 98.0 Å². The third kappa shape index (κ3) is 16.1. The molecule has 18 heteroatoms. The molecule has 4 aromatic rings. The summed E-state index contributed by atoms with van der Waals surface area (Å²) in [6.45, 7) is 2.79. The summed E-state index contributed by atoms with van der Waals surface area (Å²) in [7, 11) is 13.1. The average molecular weight is 991 g/mol. The van der Waals surface area contributed by atoms with Crippen molar-refractivity contribution in [1.29, 1.82) is 0 Å². The van der Waals surface area contributed by atoms with Crippen LogP contribution in [0.15, 0.2) is 60.7 Å². The Bertz CT molecular complexity index is 2160. The van der Waals surface area contributed by atoms with E-state index in [1.807, 2.05) is 36.4 Å². The van der Waals surface area contributed by atoms with Gasteiger partial charge in [0.1, 0.15) is 0 Å². The minimum atomic E-state index is -0.250. The lowest BCUT2D eigenvalue weighted by Crippen LogP contribution is -2.38. The van der Waals surface area contributed by atoms with Gasteiger partial charge >= 0.3 is 11.9 Å². The molecule has 2 atom stereocenters. The third-order valence-corrected chi connectivity index (χ3v) is 12.5. The van der Waals surface area contributed by atoms with E-state index in [1.54, 1.807) is 56.9 Å². The first-order valence-corrected chi connectivity index (χ1v) is 23.4. The lowest BCUT2D eigenvalue weighted by atomic mass is 9.88. The highest BCUT2D eigenvalue weighted by molar-refractivity contribution is 5.70. The molecule has 2 N–H and O–H groups in total. The van der Waals surface area contributed by atoms with E-state index >= 15 is 0 Å². The molecule has 0 saturated heterocycles. The van der Waals surface area contributed by atoms with Gasteiger partial charge < -0.3 is 57.6 Å². The van der Waals surface area contributed by atoms with Crippen molar-refractivity contribution in [3.05, 3.63) is 94.0 Å². The number of carboxylic acid groups (broad SMARTS) is 2. The van der Waals surface area contributed by atoms with E-state index in [9.17, 15) is 9.59 Å². The number of esters is 2. The molecule has 0 amide bonds. The highest BCUT2D eigenvalue weighted by Crippen LogP contribution is 2.42. The molecular weight excluding hydrogens is 921 g/mol. The Balaban J connectivity index is 0.00000174. The standard InChI is InChI=1S/C51H66N2O12.2CH2O2/c1-56-42-14-12-34(28-44(42)58-3)26-40-38-32-48(62-7)46(60-5)30-36(38)16-20-52(40)22-18-50(54)64-24-10-9-11-25-65-51(55)19-23-53-21-17-37-31-47(61-6)49(63-8)33-39(37)41(53)27-35-13-15-43(57-2)45(29-35)59-4;2*2-1-3/h12-15,28-33,40-41H,9-11,16-27H2,1-8H3;2*1H,(H,2,3). The number of hydrogen-bond acceptors (Lipinski definition) is 16. The van der Waals surface area contributed by atoms with Crippen LogP contribution in [0.25, 0.3) is 0 Å². The molecule has 388 valence electrons. The molecule has 0 fully saturated rings. The van der Waals surface area contributed by atoms with Crippen LogP contribution in [-0.2, 0) is 54.3 Å². The van der Waals surface area contributed by atoms with E-state index in [1.165, 1.54) is 11.1 Å². The van der Waals surface area contributed by atoms with E-state index in [2.05, 4.69) is 34.1 Å². The number of carbonyl (C=O) groups is 4. The van der Waals surface area contributed by atoms with Crippen molar-refractivity contribution >= 4 is 24.9 Å². The zero-order valence-corrected chi connectivity index (χ0v) is 42.2. The summed E-state index contributed by atoms with van der Waals surface area (Å²) in [5.41, 5.74) is 6.86. The van der Waals surface area contributed by atoms with Gasteiger partial charge in [0.25, 0.3) is 12.9 Å². The van der Waals surface area contributed by atoms with Gasteiger partial charge in [-0.3, -0.25) is 29.0 Å². The van der Waals surface area contributed by atoms with Gasteiger partial charge in [0.15, 0.2) is 46.0 Å². The molecular formula is C53H70N2O16. The first-order valence-electron chi connectivity index (χ1n) is 23.4. The van der Waals surface area contributed by atoms with Crippen molar-refractivity contribution in [3.8, 4) is 46.0 Å². The number of carbonyl (C=O) groups excluding carboxylic acids is 2. The van der Waals surface area contributed by atoms with E-state index in [4.69, 9.17) is 67.2 Å². The first-order chi connectivity index (χ1) is 34.5. The molecule has 6 rings (SSSR count). The van der Waals surface area contributed by atoms with Crippen molar-refractivity contribution in [3.63, 3.8) is 0 Å². The van der Waals surface area contributed by atoms with Gasteiger partial charge in [-0.1, -0.05) is 12.1 Å². The quantitative estimate of drug-likeness (QED) is 0.0405. The van der Waals surface area contributed by atoms with Gasteiger partial charge in [0, 0.05) is 38.3 Å². The summed E-state index contributed by atoms with van der Waals surface area (Å²) in [4.78, 5) is 47.4. The van der Waals surface area contributed by atoms with Gasteiger partial charge in [-0.05, 0) is 127 Å². The number of methoxy groups -OCH3 is 8. The summed E-state index contributed by atoms with van der Waals surface area (Å²) < 4.78 is 56.1.